The molecule has 0 spiro atoms. The topological polar surface area (TPSA) is 50.6 Å². The van der Waals surface area contributed by atoms with Crippen molar-refractivity contribution >= 4 is 6.03 Å². The lowest BCUT2D eigenvalue weighted by Crippen LogP contribution is -2.46. The highest BCUT2D eigenvalue weighted by molar-refractivity contribution is 5.75. The highest BCUT2D eigenvalue weighted by atomic mass is 16.5. The Bertz CT molecular complexity index is 508. The number of ether oxygens (including phenoxy) is 1. The molecule has 1 aromatic heterocycles. The van der Waals surface area contributed by atoms with E-state index in [2.05, 4.69) is 5.10 Å². The molecule has 116 valence electrons. The van der Waals surface area contributed by atoms with Gasteiger partial charge in [0.25, 0.3) is 0 Å². The van der Waals surface area contributed by atoms with Gasteiger partial charge >= 0.3 is 6.03 Å². The molecule has 3 rings (SSSR count). The number of urea groups is 1. The average molecular weight is 292 g/mol. The largest absolute Gasteiger partial charge is 0.381 e. The number of hydrogen-bond donors (Lipinski definition) is 0. The summed E-state index contributed by atoms with van der Waals surface area (Å²) in [5.74, 6) is 0.216. The normalized spacial score (nSPS) is 21.7. The van der Waals surface area contributed by atoms with Crippen molar-refractivity contribution in [3.05, 3.63) is 17.5 Å². The number of carbonyl (C=O) groups excluding carboxylic acids is 1. The van der Waals surface area contributed by atoms with Crippen molar-refractivity contribution in [1.82, 2.24) is 19.6 Å². The van der Waals surface area contributed by atoms with Crippen LogP contribution in [0.3, 0.4) is 0 Å². The average Bonchev–Trinajstić information content (AvgIpc) is 3.14. The van der Waals surface area contributed by atoms with Gasteiger partial charge in [-0.15, -0.1) is 0 Å². The van der Waals surface area contributed by atoms with Crippen LogP contribution in [0.2, 0.25) is 0 Å². The molecule has 2 amide bonds. The van der Waals surface area contributed by atoms with Crippen LogP contribution in [0.4, 0.5) is 4.79 Å². The van der Waals surface area contributed by atoms with Crippen LogP contribution >= 0.6 is 0 Å². The second kappa shape index (κ2) is 6.05. The molecule has 1 unspecified atom stereocenters. The maximum absolute atomic E-state index is 12.6. The molecule has 2 aliphatic rings. The number of hydrogen-bond acceptors (Lipinski definition) is 3. The maximum Gasteiger partial charge on any atom is 0.320 e. The van der Waals surface area contributed by atoms with Crippen molar-refractivity contribution in [2.24, 2.45) is 7.05 Å². The van der Waals surface area contributed by atoms with Crippen molar-refractivity contribution in [3.63, 3.8) is 0 Å². The Labute approximate surface area is 125 Å². The van der Waals surface area contributed by atoms with E-state index >= 15 is 0 Å². The first kappa shape index (κ1) is 14.4. The van der Waals surface area contributed by atoms with E-state index in [4.69, 9.17) is 4.74 Å². The highest BCUT2D eigenvalue weighted by Crippen LogP contribution is 2.29. The SMILES string of the molecule is CCOCC1CN(C(=O)N2CCCC2)Cc2cnn(C)c21. The quantitative estimate of drug-likeness (QED) is 0.850. The minimum Gasteiger partial charge on any atom is -0.381 e. The summed E-state index contributed by atoms with van der Waals surface area (Å²) in [5, 5.41) is 4.36. The lowest BCUT2D eigenvalue weighted by molar-refractivity contribution is 0.102. The molecule has 0 aliphatic carbocycles. The Morgan fingerprint density at radius 1 is 1.38 bits per heavy atom. The van der Waals surface area contributed by atoms with Crippen LogP contribution in [0.25, 0.3) is 0 Å². The van der Waals surface area contributed by atoms with Gasteiger partial charge in [-0.3, -0.25) is 4.68 Å². The second-order valence-electron chi connectivity index (χ2n) is 5.89. The van der Waals surface area contributed by atoms with E-state index in [1.54, 1.807) is 0 Å². The van der Waals surface area contributed by atoms with Crippen LogP contribution in [0.1, 0.15) is 36.9 Å². The molecular weight excluding hydrogens is 268 g/mol. The summed E-state index contributed by atoms with van der Waals surface area (Å²) in [4.78, 5) is 16.5. The molecule has 0 aromatic carbocycles. The first-order valence-corrected chi connectivity index (χ1v) is 7.83. The molecule has 0 N–H and O–H groups in total. The monoisotopic (exact) mass is 292 g/mol. The number of rotatable bonds is 3. The van der Waals surface area contributed by atoms with Crippen molar-refractivity contribution < 1.29 is 9.53 Å². The molecule has 1 saturated heterocycles. The van der Waals surface area contributed by atoms with Gasteiger partial charge in [-0.05, 0) is 19.8 Å². The Kier molecular flexibility index (Phi) is 4.14. The van der Waals surface area contributed by atoms with E-state index in [0.717, 1.165) is 38.0 Å². The Hall–Kier alpha value is -1.56. The van der Waals surface area contributed by atoms with Gasteiger partial charge < -0.3 is 14.5 Å². The van der Waals surface area contributed by atoms with Gasteiger partial charge in [-0.2, -0.15) is 5.10 Å². The Morgan fingerprint density at radius 3 is 2.86 bits per heavy atom. The lowest BCUT2D eigenvalue weighted by Gasteiger charge is -2.35. The molecule has 1 aromatic rings. The highest BCUT2D eigenvalue weighted by Gasteiger charge is 2.33. The van der Waals surface area contributed by atoms with Gasteiger partial charge in [0.15, 0.2) is 0 Å². The van der Waals surface area contributed by atoms with E-state index < -0.39 is 0 Å². The van der Waals surface area contributed by atoms with Crippen LogP contribution in [-0.4, -0.2) is 58.5 Å². The molecule has 6 heteroatoms. The molecule has 6 nitrogen and oxygen atoms in total. The summed E-state index contributed by atoms with van der Waals surface area (Å²) < 4.78 is 7.54. The van der Waals surface area contributed by atoms with Crippen LogP contribution in [0, 0.1) is 0 Å². The standard InChI is InChI=1S/C15H24N4O2/c1-3-21-11-13-10-19(15(20)18-6-4-5-7-18)9-12-8-16-17(2)14(12)13/h8,13H,3-7,9-11H2,1-2H3. The van der Waals surface area contributed by atoms with E-state index in [-0.39, 0.29) is 11.9 Å². The van der Waals surface area contributed by atoms with Crippen LogP contribution < -0.4 is 0 Å². The number of amides is 2. The number of nitrogens with zero attached hydrogens (tertiary/aromatic N) is 4. The van der Waals surface area contributed by atoms with Gasteiger partial charge in [-0.1, -0.05) is 0 Å². The molecule has 2 aliphatic heterocycles. The third-order valence-electron chi connectivity index (χ3n) is 4.42. The summed E-state index contributed by atoms with van der Waals surface area (Å²) in [6.07, 6.45) is 4.14. The fourth-order valence-electron chi connectivity index (χ4n) is 3.41. The van der Waals surface area contributed by atoms with E-state index in [0.29, 0.717) is 19.8 Å². The van der Waals surface area contributed by atoms with Gasteiger partial charge in [0.1, 0.15) is 0 Å². The first-order valence-electron chi connectivity index (χ1n) is 7.83. The predicted molar refractivity (Wildman–Crippen MR) is 79.1 cm³/mol. The summed E-state index contributed by atoms with van der Waals surface area (Å²) >= 11 is 0. The smallest absolute Gasteiger partial charge is 0.320 e. The molecule has 0 saturated carbocycles. The summed E-state index contributed by atoms with van der Waals surface area (Å²) in [6, 6.07) is 0.170. The predicted octanol–water partition coefficient (Wildman–Crippen LogP) is 1.57. The van der Waals surface area contributed by atoms with Crippen LogP contribution in [-0.2, 0) is 18.3 Å². The third-order valence-corrected chi connectivity index (χ3v) is 4.42. The van der Waals surface area contributed by atoms with Crippen molar-refractivity contribution in [1.29, 1.82) is 0 Å². The number of likely N-dealkylation sites (tertiary alicyclic amines) is 1. The minimum absolute atomic E-state index is 0.170. The van der Waals surface area contributed by atoms with Crippen LogP contribution in [0.15, 0.2) is 6.20 Å². The maximum atomic E-state index is 12.6. The molecule has 3 heterocycles. The van der Waals surface area contributed by atoms with Crippen molar-refractivity contribution in [2.75, 3.05) is 32.8 Å². The van der Waals surface area contributed by atoms with Gasteiger partial charge in [0.2, 0.25) is 0 Å². The summed E-state index contributed by atoms with van der Waals surface area (Å²) in [5.41, 5.74) is 2.37. The number of fused-ring (bicyclic) bond motifs is 1. The zero-order valence-corrected chi connectivity index (χ0v) is 12.9. The Balaban J connectivity index is 1.78. The van der Waals surface area contributed by atoms with Gasteiger partial charge in [-0.25, -0.2) is 4.79 Å². The zero-order valence-electron chi connectivity index (χ0n) is 12.9. The van der Waals surface area contributed by atoms with E-state index in [1.807, 2.05) is 34.6 Å². The summed E-state index contributed by atoms with van der Waals surface area (Å²) in [6.45, 7) is 6.52. The van der Waals surface area contributed by atoms with Gasteiger partial charge in [0.05, 0.1) is 25.0 Å². The molecule has 0 radical (unpaired) electrons. The summed E-state index contributed by atoms with van der Waals surface area (Å²) in [7, 11) is 1.97. The fourth-order valence-corrected chi connectivity index (χ4v) is 3.41. The fraction of sp³-hybridized carbons (Fsp3) is 0.733. The van der Waals surface area contributed by atoms with E-state index in [1.165, 1.54) is 5.69 Å². The number of aromatic nitrogens is 2. The van der Waals surface area contributed by atoms with Gasteiger partial charge in [0, 0.05) is 44.8 Å². The third kappa shape index (κ3) is 2.77. The van der Waals surface area contributed by atoms with E-state index in [9.17, 15) is 4.79 Å². The molecule has 21 heavy (non-hydrogen) atoms. The Morgan fingerprint density at radius 2 is 2.14 bits per heavy atom. The van der Waals surface area contributed by atoms with Crippen molar-refractivity contribution in [2.45, 2.75) is 32.2 Å². The lowest BCUT2D eigenvalue weighted by atomic mass is 9.97. The molecule has 0 bridgehead atoms. The molecular formula is C15H24N4O2. The van der Waals surface area contributed by atoms with Crippen molar-refractivity contribution in [3.8, 4) is 0 Å². The number of aryl methyl sites for hydroxylation is 1. The van der Waals surface area contributed by atoms with Crippen LogP contribution in [0.5, 0.6) is 0 Å². The zero-order chi connectivity index (χ0) is 14.8. The second-order valence-corrected chi connectivity index (χ2v) is 5.89. The molecule has 1 atom stereocenters. The first-order chi connectivity index (χ1) is 10.2. The number of carbonyl (C=O) groups is 1. The minimum atomic E-state index is 0.170. The molecule has 1 fully saturated rings.